The lowest BCUT2D eigenvalue weighted by Gasteiger charge is -2.11. The summed E-state index contributed by atoms with van der Waals surface area (Å²) in [4.78, 5) is 16.5. The largest absolute Gasteiger partial charge is 0.368 e. The van der Waals surface area contributed by atoms with Crippen molar-refractivity contribution < 1.29 is 9.18 Å². The van der Waals surface area contributed by atoms with Gasteiger partial charge in [0.05, 0.1) is 18.7 Å². The number of amidine groups is 1. The van der Waals surface area contributed by atoms with Gasteiger partial charge in [0.15, 0.2) is 0 Å². The zero-order valence-electron chi connectivity index (χ0n) is 12.0. The van der Waals surface area contributed by atoms with Gasteiger partial charge < -0.3 is 10.6 Å². The molecule has 112 valence electrons. The molecule has 0 unspecified atom stereocenters. The molecule has 0 atom stereocenters. The van der Waals surface area contributed by atoms with Crippen molar-refractivity contribution in [3.8, 4) is 0 Å². The fourth-order valence-corrected chi connectivity index (χ4v) is 2.36. The number of aliphatic imine (C=N–C) groups is 1. The van der Waals surface area contributed by atoms with Crippen LogP contribution in [0, 0.1) is 5.82 Å². The van der Waals surface area contributed by atoms with Gasteiger partial charge in [-0.25, -0.2) is 4.39 Å². The van der Waals surface area contributed by atoms with Crippen LogP contribution in [0.5, 0.6) is 0 Å². The fraction of sp³-hybridized carbons (Fsp3) is 0.176. The van der Waals surface area contributed by atoms with Crippen molar-refractivity contribution in [1.82, 2.24) is 5.32 Å². The maximum absolute atomic E-state index is 12.9. The summed E-state index contributed by atoms with van der Waals surface area (Å²) in [5, 5.41) is 6.10. The van der Waals surface area contributed by atoms with E-state index in [1.807, 2.05) is 24.3 Å². The zero-order chi connectivity index (χ0) is 15.4. The molecule has 1 aliphatic rings. The van der Waals surface area contributed by atoms with Gasteiger partial charge in [0.2, 0.25) is 5.91 Å². The number of nitrogens with zero attached hydrogens (tertiary/aromatic N) is 1. The number of anilines is 1. The van der Waals surface area contributed by atoms with Crippen LogP contribution in [0.1, 0.15) is 11.1 Å². The highest BCUT2D eigenvalue weighted by molar-refractivity contribution is 6.07. The lowest BCUT2D eigenvalue weighted by atomic mass is 10.1. The summed E-state index contributed by atoms with van der Waals surface area (Å²) in [7, 11) is 0. The van der Waals surface area contributed by atoms with Crippen molar-refractivity contribution in [3.05, 3.63) is 65.5 Å². The molecule has 2 N–H and O–H groups in total. The molecule has 2 aromatic rings. The molecule has 0 bridgehead atoms. The van der Waals surface area contributed by atoms with Gasteiger partial charge in [-0.2, -0.15) is 0 Å². The minimum atomic E-state index is -0.306. The second-order valence-electron chi connectivity index (χ2n) is 5.05. The van der Waals surface area contributed by atoms with E-state index >= 15 is 0 Å². The molecule has 4 nitrogen and oxygen atoms in total. The van der Waals surface area contributed by atoms with Crippen LogP contribution in [0.25, 0.3) is 0 Å². The van der Waals surface area contributed by atoms with Crippen LogP contribution in [0.15, 0.2) is 53.5 Å². The van der Waals surface area contributed by atoms with Gasteiger partial charge >= 0.3 is 0 Å². The highest BCUT2D eigenvalue weighted by Crippen LogP contribution is 2.17. The Hall–Kier alpha value is -2.69. The number of rotatable bonds is 4. The van der Waals surface area contributed by atoms with Gasteiger partial charge in [-0.1, -0.05) is 24.3 Å². The van der Waals surface area contributed by atoms with E-state index in [0.29, 0.717) is 0 Å². The van der Waals surface area contributed by atoms with E-state index < -0.39 is 0 Å². The first kappa shape index (κ1) is 14.3. The number of carbonyl (C=O) groups is 1. The molecule has 0 saturated carbocycles. The Morgan fingerprint density at radius 3 is 2.68 bits per heavy atom. The number of hydrogen-bond acceptors (Lipinski definition) is 3. The van der Waals surface area contributed by atoms with Gasteiger partial charge in [-0.3, -0.25) is 9.79 Å². The smallest absolute Gasteiger partial charge is 0.228 e. The maximum Gasteiger partial charge on any atom is 0.228 e. The second-order valence-corrected chi connectivity index (χ2v) is 5.05. The Labute approximate surface area is 128 Å². The predicted molar refractivity (Wildman–Crippen MR) is 84.6 cm³/mol. The summed E-state index contributed by atoms with van der Waals surface area (Å²) in [5.41, 5.74) is 2.38. The Kier molecular flexibility index (Phi) is 4.14. The average Bonchev–Trinajstić information content (AvgIpc) is 3.04. The van der Waals surface area contributed by atoms with Crippen LogP contribution >= 0.6 is 0 Å². The van der Waals surface area contributed by atoms with Crippen molar-refractivity contribution in [1.29, 1.82) is 0 Å². The molecular formula is C17H16FN3O. The van der Waals surface area contributed by atoms with Crippen LogP contribution in [0.4, 0.5) is 10.1 Å². The molecule has 1 aliphatic heterocycles. The summed E-state index contributed by atoms with van der Waals surface area (Å²) in [6, 6.07) is 13.5. The quantitative estimate of drug-likeness (QED) is 0.910. The molecule has 1 amide bonds. The predicted octanol–water partition coefficient (Wildman–Crippen LogP) is 2.36. The molecule has 0 saturated heterocycles. The number of halogens is 1. The lowest BCUT2D eigenvalue weighted by Crippen LogP contribution is -2.22. The van der Waals surface area contributed by atoms with Crippen LogP contribution in [-0.4, -0.2) is 24.8 Å². The summed E-state index contributed by atoms with van der Waals surface area (Å²) in [6.45, 7) is 1.56. The van der Waals surface area contributed by atoms with Crippen LogP contribution in [0.2, 0.25) is 0 Å². The topological polar surface area (TPSA) is 53.5 Å². The number of benzene rings is 2. The zero-order valence-corrected chi connectivity index (χ0v) is 12.0. The average molecular weight is 297 g/mol. The van der Waals surface area contributed by atoms with E-state index in [1.54, 1.807) is 12.1 Å². The van der Waals surface area contributed by atoms with Crippen molar-refractivity contribution in [2.45, 2.75) is 6.42 Å². The first-order valence-electron chi connectivity index (χ1n) is 7.14. The SMILES string of the molecule is O=C(Cc1ccc(F)cc1)Nc1ccccc1C1=NCCN1. The number of amides is 1. The highest BCUT2D eigenvalue weighted by Gasteiger charge is 2.14. The third-order valence-electron chi connectivity index (χ3n) is 3.41. The summed E-state index contributed by atoms with van der Waals surface area (Å²) >= 11 is 0. The molecule has 22 heavy (non-hydrogen) atoms. The van der Waals surface area contributed by atoms with Gasteiger partial charge in [0.1, 0.15) is 11.7 Å². The number of nitrogens with one attached hydrogen (secondary N) is 2. The molecular weight excluding hydrogens is 281 g/mol. The molecule has 0 aromatic heterocycles. The van der Waals surface area contributed by atoms with Crippen LogP contribution in [0.3, 0.4) is 0 Å². The Balaban J connectivity index is 1.72. The minimum absolute atomic E-state index is 0.141. The molecule has 3 rings (SSSR count). The van der Waals surface area contributed by atoms with Gasteiger partial charge in [-0.05, 0) is 29.8 Å². The fourth-order valence-electron chi connectivity index (χ4n) is 2.36. The third-order valence-corrected chi connectivity index (χ3v) is 3.41. The Morgan fingerprint density at radius 1 is 1.18 bits per heavy atom. The van der Waals surface area contributed by atoms with Gasteiger partial charge in [0, 0.05) is 12.1 Å². The van der Waals surface area contributed by atoms with Crippen LogP contribution in [-0.2, 0) is 11.2 Å². The minimum Gasteiger partial charge on any atom is -0.368 e. The Bertz CT molecular complexity index is 710. The first-order valence-corrected chi connectivity index (χ1v) is 7.14. The molecule has 0 aliphatic carbocycles. The third kappa shape index (κ3) is 3.31. The number of hydrogen-bond donors (Lipinski definition) is 2. The summed E-state index contributed by atoms with van der Waals surface area (Å²) in [6.07, 6.45) is 0.203. The van der Waals surface area contributed by atoms with E-state index in [1.165, 1.54) is 12.1 Å². The van der Waals surface area contributed by atoms with Gasteiger partial charge in [-0.15, -0.1) is 0 Å². The molecule has 5 heteroatoms. The monoisotopic (exact) mass is 297 g/mol. The standard InChI is InChI=1S/C17H16FN3O/c18-13-7-5-12(6-8-13)11-16(22)21-15-4-2-1-3-14(15)17-19-9-10-20-17/h1-8H,9-11H2,(H,19,20)(H,21,22). The summed E-state index contributed by atoms with van der Waals surface area (Å²) in [5.74, 6) is 0.357. The van der Waals surface area contributed by atoms with Crippen LogP contribution < -0.4 is 10.6 Å². The van der Waals surface area contributed by atoms with Crippen molar-refractivity contribution in [2.24, 2.45) is 4.99 Å². The molecule has 0 fully saturated rings. The first-order chi connectivity index (χ1) is 10.7. The molecule has 1 heterocycles. The van der Waals surface area contributed by atoms with E-state index in [9.17, 15) is 9.18 Å². The number of para-hydroxylation sites is 1. The highest BCUT2D eigenvalue weighted by atomic mass is 19.1. The van der Waals surface area contributed by atoms with Gasteiger partial charge in [0.25, 0.3) is 0 Å². The molecule has 0 spiro atoms. The number of carbonyl (C=O) groups excluding carboxylic acids is 1. The van der Waals surface area contributed by atoms with E-state index in [4.69, 9.17) is 0 Å². The normalized spacial score (nSPS) is 13.4. The maximum atomic E-state index is 12.9. The molecule has 2 aromatic carbocycles. The van der Waals surface area contributed by atoms with E-state index in [2.05, 4.69) is 15.6 Å². The molecule has 0 radical (unpaired) electrons. The van der Waals surface area contributed by atoms with Crippen molar-refractivity contribution in [3.63, 3.8) is 0 Å². The Morgan fingerprint density at radius 2 is 1.95 bits per heavy atom. The van der Waals surface area contributed by atoms with Crippen molar-refractivity contribution in [2.75, 3.05) is 18.4 Å². The lowest BCUT2D eigenvalue weighted by molar-refractivity contribution is -0.115. The van der Waals surface area contributed by atoms with E-state index in [-0.39, 0.29) is 18.1 Å². The van der Waals surface area contributed by atoms with E-state index in [0.717, 1.165) is 35.7 Å². The van der Waals surface area contributed by atoms with Crippen molar-refractivity contribution >= 4 is 17.4 Å². The second kappa shape index (κ2) is 6.39. The summed E-state index contributed by atoms with van der Waals surface area (Å²) < 4.78 is 12.9.